The Morgan fingerprint density at radius 3 is 1.67 bits per heavy atom. The molecule has 35 valence electrons. The van der Waals surface area contributed by atoms with Crippen molar-refractivity contribution < 1.29 is 13.2 Å². The Bertz CT molecular complexity index is 10.8. The molecule has 1 radical (unpaired) electrons. The maximum atomic E-state index is 3.49. The Morgan fingerprint density at radius 2 is 1.67 bits per heavy atom. The fourth-order valence-corrected chi connectivity index (χ4v) is 0. The van der Waals surface area contributed by atoms with E-state index in [1.807, 2.05) is 6.92 Å². The van der Waals surface area contributed by atoms with Crippen LogP contribution in [0.2, 0.25) is 0 Å². The van der Waals surface area contributed by atoms with Gasteiger partial charge in [-0.3, -0.25) is 0 Å². The third-order valence-electron chi connectivity index (χ3n) is 0. The van der Waals surface area contributed by atoms with Gasteiger partial charge in [0, 0.05) is 0 Å². The van der Waals surface area contributed by atoms with Crippen LogP contribution in [0.15, 0.2) is 0 Å². The van der Waals surface area contributed by atoms with Gasteiger partial charge in [0.1, 0.15) is 0 Å². The first-order valence-corrected chi connectivity index (χ1v) is 15.6. The smallest absolute Gasteiger partial charge is 0.0536 e. The zero-order valence-electron chi connectivity index (χ0n) is 3.88. The van der Waals surface area contributed by atoms with Crippen LogP contribution in [0.3, 0.4) is 0 Å². The molecule has 0 aromatic heterocycles. The van der Waals surface area contributed by atoms with Crippen LogP contribution in [0.1, 0.15) is 13.3 Å². The van der Waals surface area contributed by atoms with Crippen LogP contribution in [0.5, 0.6) is 0 Å². The Balaban J connectivity index is 0. The molecule has 0 atom stereocenters. The summed E-state index contributed by atoms with van der Waals surface area (Å²) in [5, 5.41) is 0. The fraction of sp³-hybridized carbons (Fsp3) is 0.667. The van der Waals surface area contributed by atoms with E-state index in [0.29, 0.717) is 0 Å². The minimum Gasteiger partial charge on any atom is -0.0654 e. The van der Waals surface area contributed by atoms with E-state index in [9.17, 15) is 0 Å². The molecule has 6 heavy (non-hydrogen) atoms. The average molecular weight is 268 g/mol. The molecule has 0 aliphatic carbocycles. The summed E-state index contributed by atoms with van der Waals surface area (Å²) in [7, 11) is 0. The Labute approximate surface area is 60.4 Å². The van der Waals surface area contributed by atoms with Gasteiger partial charge < -0.3 is 0 Å². The van der Waals surface area contributed by atoms with Crippen molar-refractivity contribution in [2.75, 3.05) is 0 Å². The van der Waals surface area contributed by atoms with E-state index in [0.717, 1.165) is 6.42 Å². The zero-order valence-corrected chi connectivity index (χ0v) is 10.0. The molecule has 0 aliphatic heterocycles. The number of halogens is 2. The first-order valence-electron chi connectivity index (χ1n) is 1.74. The van der Waals surface area contributed by atoms with Gasteiger partial charge in [-0.05, 0) is 0 Å². The summed E-state index contributed by atoms with van der Waals surface area (Å²) >= 11 is 6.25. The van der Waals surface area contributed by atoms with Gasteiger partial charge in [-0.2, -0.15) is 0 Å². The van der Waals surface area contributed by atoms with Gasteiger partial charge in [0.25, 0.3) is 0 Å². The number of rotatable bonds is 0. The third-order valence-corrected chi connectivity index (χ3v) is 0. The van der Waals surface area contributed by atoms with Gasteiger partial charge in [-0.25, -0.2) is 0 Å². The van der Waals surface area contributed by atoms with Crippen molar-refractivity contribution in [3.8, 4) is 0 Å². The van der Waals surface area contributed by atoms with Crippen LogP contribution < -0.4 is 0 Å². The molecule has 0 nitrogen and oxygen atoms in total. The summed E-state index contributed by atoms with van der Waals surface area (Å²) in [5.74, 6) is 0. The molecule has 0 N–H and O–H groups in total. The van der Waals surface area contributed by atoms with Gasteiger partial charge in [-0.1, -0.05) is 20.3 Å². The van der Waals surface area contributed by atoms with Gasteiger partial charge in [0.2, 0.25) is 0 Å². The van der Waals surface area contributed by atoms with Gasteiger partial charge in [0.05, 0.1) is 0 Å². The van der Waals surface area contributed by atoms with E-state index in [4.69, 9.17) is 0 Å². The van der Waals surface area contributed by atoms with E-state index in [-0.39, 0.29) is 13.2 Å². The summed E-state index contributed by atoms with van der Waals surface area (Å²) in [6, 6.07) is 0. The predicted molar refractivity (Wildman–Crippen MR) is 33.5 cm³/mol. The van der Waals surface area contributed by atoms with Gasteiger partial charge in [0.15, 0.2) is 0 Å². The normalized spacial score (nSPS) is 4.67. The summed E-state index contributed by atoms with van der Waals surface area (Å²) in [6.07, 6.45) is 1.00. The van der Waals surface area contributed by atoms with Gasteiger partial charge in [-0.15, -0.1) is 0 Å². The van der Waals surface area contributed by atoms with E-state index >= 15 is 0 Å². The monoisotopic (exact) mass is 265 g/mol. The molecule has 0 saturated heterocycles. The summed E-state index contributed by atoms with van der Waals surface area (Å²) in [6.45, 7) is 5.50. The maximum absolute atomic E-state index is 3.49. The molecule has 0 amide bonds. The molecule has 0 rings (SSSR count). The number of hydrogen-bond acceptors (Lipinski definition) is 0. The summed E-state index contributed by atoms with van der Waals surface area (Å²) < 4.78 is 0. The molecule has 0 aromatic carbocycles. The molecule has 0 heterocycles. The Morgan fingerprint density at radius 1 is 1.67 bits per heavy atom. The molecule has 0 aromatic rings. The standard InChI is InChI=1S/C3H7.2BrH.Zn/c1-3-2;;;/h1,3H2,2H3;2*1H;/q;;;+2/p-2. The Hall–Kier alpha value is 1.58. The molecular weight excluding hydrogens is 261 g/mol. The third kappa shape index (κ3) is 46.8. The van der Waals surface area contributed by atoms with Crippen molar-refractivity contribution in [2.24, 2.45) is 0 Å². The minimum absolute atomic E-state index is 0.250. The van der Waals surface area contributed by atoms with Crippen LogP contribution in [0.25, 0.3) is 0 Å². The molecule has 3 heteroatoms. The molecule has 0 aliphatic rings. The first-order chi connectivity index (χ1) is 2.83. The summed E-state index contributed by atoms with van der Waals surface area (Å²) in [4.78, 5) is 0. The molecule has 0 spiro atoms. The van der Waals surface area contributed by atoms with Crippen molar-refractivity contribution in [3.63, 3.8) is 0 Å². The van der Waals surface area contributed by atoms with Crippen molar-refractivity contribution in [2.45, 2.75) is 13.3 Å². The van der Waals surface area contributed by atoms with Crippen LogP contribution in [-0.4, -0.2) is 0 Å². The van der Waals surface area contributed by atoms with Gasteiger partial charge >= 0.3 is 40.5 Å². The van der Waals surface area contributed by atoms with E-state index in [1.54, 1.807) is 0 Å². The SMILES string of the molecule is [Br][Zn][Br].[CH2]CC. The first kappa shape index (κ1) is 10.5. The molecule has 0 fully saturated rings. The quantitative estimate of drug-likeness (QED) is 0.593. The molecular formula is C3H7Br2Zn. The van der Waals surface area contributed by atoms with Crippen molar-refractivity contribution in [1.29, 1.82) is 0 Å². The van der Waals surface area contributed by atoms with E-state index in [1.165, 1.54) is 0 Å². The fourth-order valence-electron chi connectivity index (χ4n) is 0. The molecule has 0 unspecified atom stereocenters. The van der Waals surface area contributed by atoms with E-state index in [2.05, 4.69) is 34.2 Å². The minimum atomic E-state index is -0.250. The van der Waals surface area contributed by atoms with Crippen LogP contribution >= 0.6 is 27.2 Å². The van der Waals surface area contributed by atoms with Crippen LogP contribution in [-0.2, 0) is 13.2 Å². The zero-order chi connectivity index (χ0) is 5.41. The second-order valence-corrected chi connectivity index (χ2v) is 14.7. The average Bonchev–Trinajstić information content (AvgIpc) is 1.39. The Kier molecular flexibility index (Phi) is 28.1. The van der Waals surface area contributed by atoms with Crippen LogP contribution in [0, 0.1) is 6.92 Å². The van der Waals surface area contributed by atoms with Crippen molar-refractivity contribution in [3.05, 3.63) is 6.92 Å². The summed E-state index contributed by atoms with van der Waals surface area (Å²) in [5.41, 5.74) is 0. The molecule has 0 bridgehead atoms. The number of hydrogen-bond donors (Lipinski definition) is 0. The largest absolute Gasteiger partial charge is 0.0654 e. The molecule has 0 saturated carbocycles. The van der Waals surface area contributed by atoms with Crippen molar-refractivity contribution >= 4 is 27.2 Å². The topological polar surface area (TPSA) is 0 Å². The second kappa shape index (κ2) is 16.0. The van der Waals surface area contributed by atoms with E-state index < -0.39 is 0 Å². The van der Waals surface area contributed by atoms with Crippen LogP contribution in [0.4, 0.5) is 0 Å². The van der Waals surface area contributed by atoms with Crippen molar-refractivity contribution in [1.82, 2.24) is 0 Å². The predicted octanol–water partition coefficient (Wildman–Crippen LogP) is 2.92. The second-order valence-electron chi connectivity index (χ2n) is 0.601. The maximum Gasteiger partial charge on any atom is -0.0536 e.